The number of alkyl halides is 1. The Morgan fingerprint density at radius 1 is 1.33 bits per heavy atom. The summed E-state index contributed by atoms with van der Waals surface area (Å²) in [6.45, 7) is 1.99. The SMILES string of the molecule is CCC1C(=O)N(C)C(=S)N1c1ccc(CCl)cc1. The van der Waals surface area contributed by atoms with Gasteiger partial charge in [-0.05, 0) is 36.3 Å². The number of thiocarbonyl (C=S) groups is 1. The predicted octanol–water partition coefficient (Wildman–Crippen LogP) is 2.77. The van der Waals surface area contributed by atoms with Crippen molar-refractivity contribution in [2.24, 2.45) is 0 Å². The first-order valence-corrected chi connectivity index (χ1v) is 6.80. The minimum Gasteiger partial charge on any atom is -0.306 e. The highest BCUT2D eigenvalue weighted by atomic mass is 35.5. The number of nitrogens with zero attached hydrogens (tertiary/aromatic N) is 2. The largest absolute Gasteiger partial charge is 0.306 e. The number of benzene rings is 1. The number of likely N-dealkylation sites (N-methyl/N-ethyl adjacent to an activating group) is 1. The zero-order valence-corrected chi connectivity index (χ0v) is 12.0. The summed E-state index contributed by atoms with van der Waals surface area (Å²) >= 11 is 11.1. The van der Waals surface area contributed by atoms with Gasteiger partial charge in [-0.15, -0.1) is 11.6 Å². The lowest BCUT2D eigenvalue weighted by Crippen LogP contribution is -2.34. The Bertz CT molecular complexity index is 474. The van der Waals surface area contributed by atoms with E-state index in [2.05, 4.69) is 0 Å². The average Bonchev–Trinajstić information content (AvgIpc) is 2.63. The number of anilines is 1. The van der Waals surface area contributed by atoms with Gasteiger partial charge in [-0.2, -0.15) is 0 Å². The van der Waals surface area contributed by atoms with Crippen molar-refractivity contribution in [2.45, 2.75) is 25.3 Å². The molecule has 0 aromatic heterocycles. The summed E-state index contributed by atoms with van der Waals surface area (Å²) in [6, 6.07) is 7.64. The molecule has 0 N–H and O–H groups in total. The molecule has 1 aliphatic rings. The van der Waals surface area contributed by atoms with E-state index in [1.54, 1.807) is 11.9 Å². The second-order valence-electron chi connectivity index (χ2n) is 4.27. The number of hydrogen-bond donors (Lipinski definition) is 0. The van der Waals surface area contributed by atoms with Gasteiger partial charge in [0.15, 0.2) is 5.11 Å². The summed E-state index contributed by atoms with van der Waals surface area (Å²) in [4.78, 5) is 15.5. The van der Waals surface area contributed by atoms with Crippen LogP contribution in [-0.2, 0) is 10.7 Å². The zero-order valence-electron chi connectivity index (χ0n) is 10.4. The topological polar surface area (TPSA) is 23.6 Å². The van der Waals surface area contributed by atoms with Crippen molar-refractivity contribution >= 4 is 40.5 Å². The molecule has 1 saturated heterocycles. The highest BCUT2D eigenvalue weighted by Gasteiger charge is 2.39. The fourth-order valence-electron chi connectivity index (χ4n) is 2.12. The van der Waals surface area contributed by atoms with E-state index < -0.39 is 0 Å². The molecular formula is C13H15ClN2OS. The first kappa shape index (κ1) is 13.3. The molecule has 0 aliphatic carbocycles. The van der Waals surface area contributed by atoms with Crippen LogP contribution in [-0.4, -0.2) is 29.0 Å². The van der Waals surface area contributed by atoms with Crippen LogP contribution in [0.2, 0.25) is 0 Å². The van der Waals surface area contributed by atoms with Crippen molar-refractivity contribution in [3.05, 3.63) is 29.8 Å². The standard InChI is InChI=1S/C13H15ClN2OS/c1-3-11-12(17)15(2)13(18)16(11)10-6-4-9(8-14)5-7-10/h4-7,11H,3,8H2,1-2H3. The Hall–Kier alpha value is -1.13. The molecule has 3 nitrogen and oxygen atoms in total. The third-order valence-electron chi connectivity index (χ3n) is 3.18. The Balaban J connectivity index is 2.35. The lowest BCUT2D eigenvalue weighted by molar-refractivity contribution is -0.125. The second-order valence-corrected chi connectivity index (χ2v) is 4.91. The number of amides is 1. The Morgan fingerprint density at radius 3 is 2.44 bits per heavy atom. The molecule has 5 heteroatoms. The third kappa shape index (κ3) is 2.10. The van der Waals surface area contributed by atoms with Crippen molar-refractivity contribution < 1.29 is 4.79 Å². The fourth-order valence-corrected chi connectivity index (χ4v) is 2.62. The molecule has 1 unspecified atom stereocenters. The molecule has 1 amide bonds. The Labute approximate surface area is 117 Å². The smallest absolute Gasteiger partial charge is 0.251 e. The Kier molecular flexibility index (Phi) is 3.88. The van der Waals surface area contributed by atoms with Crippen LogP contribution in [0.15, 0.2) is 24.3 Å². The predicted molar refractivity (Wildman–Crippen MR) is 77.9 cm³/mol. The van der Waals surface area contributed by atoms with Crippen LogP contribution < -0.4 is 4.90 Å². The van der Waals surface area contributed by atoms with Crippen LogP contribution in [0.1, 0.15) is 18.9 Å². The molecule has 0 saturated carbocycles. The van der Waals surface area contributed by atoms with Gasteiger partial charge in [0, 0.05) is 18.6 Å². The van der Waals surface area contributed by atoms with Gasteiger partial charge in [0.2, 0.25) is 0 Å². The summed E-state index contributed by atoms with van der Waals surface area (Å²) in [5.41, 5.74) is 2.00. The molecular weight excluding hydrogens is 268 g/mol. The van der Waals surface area contributed by atoms with Gasteiger partial charge >= 0.3 is 0 Å². The van der Waals surface area contributed by atoms with Crippen LogP contribution in [0.5, 0.6) is 0 Å². The van der Waals surface area contributed by atoms with Crippen LogP contribution in [0.25, 0.3) is 0 Å². The van der Waals surface area contributed by atoms with Crippen LogP contribution >= 0.6 is 23.8 Å². The van der Waals surface area contributed by atoms with Gasteiger partial charge < -0.3 is 4.90 Å². The van der Waals surface area contributed by atoms with Gasteiger partial charge in [-0.1, -0.05) is 19.1 Å². The average molecular weight is 283 g/mol. The van der Waals surface area contributed by atoms with Gasteiger partial charge in [0.1, 0.15) is 6.04 Å². The monoisotopic (exact) mass is 282 g/mol. The number of hydrogen-bond acceptors (Lipinski definition) is 2. The van der Waals surface area contributed by atoms with Crippen LogP contribution in [0.4, 0.5) is 5.69 Å². The summed E-state index contributed by atoms with van der Waals surface area (Å²) < 4.78 is 0. The molecule has 18 heavy (non-hydrogen) atoms. The molecule has 1 aromatic carbocycles. The second kappa shape index (κ2) is 5.24. The van der Waals surface area contributed by atoms with Crippen molar-refractivity contribution in [3.8, 4) is 0 Å². The minimum atomic E-state index is -0.190. The first-order valence-electron chi connectivity index (χ1n) is 5.85. The molecule has 1 aliphatic heterocycles. The molecule has 0 spiro atoms. The lowest BCUT2D eigenvalue weighted by Gasteiger charge is -2.23. The normalized spacial score (nSPS) is 19.8. The molecule has 1 aromatic rings. The maximum Gasteiger partial charge on any atom is 0.251 e. The Morgan fingerprint density at radius 2 is 1.94 bits per heavy atom. The van der Waals surface area contributed by atoms with Gasteiger partial charge in [-0.3, -0.25) is 9.69 Å². The molecule has 1 atom stereocenters. The summed E-state index contributed by atoms with van der Waals surface area (Å²) in [7, 11) is 1.72. The zero-order chi connectivity index (χ0) is 13.3. The molecule has 1 heterocycles. The van der Waals surface area contributed by atoms with E-state index in [-0.39, 0.29) is 11.9 Å². The van der Waals surface area contributed by atoms with Gasteiger partial charge in [-0.25, -0.2) is 0 Å². The van der Waals surface area contributed by atoms with Crippen molar-refractivity contribution in [2.75, 3.05) is 11.9 Å². The van der Waals surface area contributed by atoms with Gasteiger partial charge in [0.05, 0.1) is 0 Å². The number of carbonyl (C=O) groups is 1. The van der Waals surface area contributed by atoms with Crippen molar-refractivity contribution in [1.29, 1.82) is 0 Å². The molecule has 0 radical (unpaired) electrons. The minimum absolute atomic E-state index is 0.0592. The maximum absolute atomic E-state index is 12.0. The third-order valence-corrected chi connectivity index (χ3v) is 3.96. The fraction of sp³-hybridized carbons (Fsp3) is 0.385. The van der Waals surface area contributed by atoms with Crippen molar-refractivity contribution in [1.82, 2.24) is 4.90 Å². The highest BCUT2D eigenvalue weighted by molar-refractivity contribution is 7.80. The summed E-state index contributed by atoms with van der Waals surface area (Å²) in [5, 5.41) is 0.561. The van der Waals surface area contributed by atoms with E-state index in [4.69, 9.17) is 23.8 Å². The first-order chi connectivity index (χ1) is 8.60. The molecule has 2 rings (SSSR count). The summed E-state index contributed by atoms with van der Waals surface area (Å²) in [5.74, 6) is 0.546. The molecule has 1 fully saturated rings. The van der Waals surface area contributed by atoms with E-state index in [1.165, 1.54) is 0 Å². The van der Waals surface area contributed by atoms with E-state index >= 15 is 0 Å². The van der Waals surface area contributed by atoms with E-state index in [1.807, 2.05) is 36.1 Å². The molecule has 0 bridgehead atoms. The van der Waals surface area contributed by atoms with E-state index in [0.717, 1.165) is 17.7 Å². The van der Waals surface area contributed by atoms with Crippen LogP contribution in [0, 0.1) is 0 Å². The van der Waals surface area contributed by atoms with E-state index in [9.17, 15) is 4.79 Å². The maximum atomic E-state index is 12.0. The van der Waals surface area contributed by atoms with Gasteiger partial charge in [0.25, 0.3) is 5.91 Å². The van der Waals surface area contributed by atoms with Crippen molar-refractivity contribution in [3.63, 3.8) is 0 Å². The quantitative estimate of drug-likeness (QED) is 0.629. The summed E-state index contributed by atoms with van der Waals surface area (Å²) in [6.07, 6.45) is 0.737. The number of halogens is 1. The number of carbonyl (C=O) groups excluding carboxylic acids is 1. The van der Waals surface area contributed by atoms with E-state index in [0.29, 0.717) is 11.0 Å². The number of rotatable bonds is 3. The molecule has 96 valence electrons. The van der Waals surface area contributed by atoms with Crippen LogP contribution in [0.3, 0.4) is 0 Å². The lowest BCUT2D eigenvalue weighted by atomic mass is 10.1. The highest BCUT2D eigenvalue weighted by Crippen LogP contribution is 2.27.